The molecule has 0 saturated heterocycles. The Morgan fingerprint density at radius 2 is 1.76 bits per heavy atom. The first-order valence-corrected chi connectivity index (χ1v) is 12.6. The van der Waals surface area contributed by atoms with Crippen LogP contribution in [-0.2, 0) is 13.1 Å². The minimum Gasteiger partial charge on any atom is -0.363 e. The second-order valence-corrected chi connectivity index (χ2v) is 9.74. The van der Waals surface area contributed by atoms with Crippen LogP contribution in [0.4, 0.5) is 11.8 Å². The van der Waals surface area contributed by atoms with Crippen LogP contribution in [-0.4, -0.2) is 41.2 Å². The Kier molecular flexibility index (Phi) is 6.68. The van der Waals surface area contributed by atoms with Gasteiger partial charge in [0.2, 0.25) is 5.95 Å². The van der Waals surface area contributed by atoms with Gasteiger partial charge < -0.3 is 20.1 Å². The maximum Gasteiger partial charge on any atom is 0.224 e. The predicted octanol–water partition coefficient (Wildman–Crippen LogP) is 5.43. The third-order valence-electron chi connectivity index (χ3n) is 7.19. The van der Waals surface area contributed by atoms with Crippen molar-refractivity contribution in [3.8, 4) is 0 Å². The fourth-order valence-electron chi connectivity index (χ4n) is 5.33. The molecule has 2 N–H and O–H groups in total. The molecule has 2 aromatic carbocycles. The summed E-state index contributed by atoms with van der Waals surface area (Å²) in [6, 6.07) is 18.1. The first-order valence-electron chi connectivity index (χ1n) is 12.6. The van der Waals surface area contributed by atoms with Crippen molar-refractivity contribution in [1.82, 2.24) is 19.9 Å². The lowest BCUT2D eigenvalue weighted by Crippen LogP contribution is -2.31. The van der Waals surface area contributed by atoms with Crippen LogP contribution in [0.25, 0.3) is 21.8 Å². The molecule has 6 nitrogen and oxygen atoms in total. The van der Waals surface area contributed by atoms with Crippen LogP contribution < -0.4 is 15.5 Å². The van der Waals surface area contributed by atoms with Crippen molar-refractivity contribution in [1.29, 1.82) is 0 Å². The van der Waals surface area contributed by atoms with Crippen molar-refractivity contribution < 1.29 is 0 Å². The molecule has 2 heterocycles. The Hall–Kier alpha value is -3.12. The zero-order valence-corrected chi connectivity index (χ0v) is 20.6. The summed E-state index contributed by atoms with van der Waals surface area (Å²) in [7, 11) is 4.01. The maximum absolute atomic E-state index is 4.61. The molecule has 2 aromatic heterocycles. The number of aromatic nitrogens is 3. The Morgan fingerprint density at radius 1 is 0.971 bits per heavy atom. The largest absolute Gasteiger partial charge is 0.363 e. The molecule has 0 amide bonds. The number of aryl methyl sites for hydroxylation is 1. The average Bonchev–Trinajstić information content (AvgIpc) is 3.18. The van der Waals surface area contributed by atoms with E-state index in [-0.39, 0.29) is 0 Å². The van der Waals surface area contributed by atoms with Gasteiger partial charge >= 0.3 is 0 Å². The van der Waals surface area contributed by atoms with E-state index in [4.69, 9.17) is 0 Å². The van der Waals surface area contributed by atoms with Crippen molar-refractivity contribution in [2.45, 2.75) is 51.7 Å². The van der Waals surface area contributed by atoms with Gasteiger partial charge in [0.15, 0.2) is 0 Å². The summed E-state index contributed by atoms with van der Waals surface area (Å²) in [4.78, 5) is 11.0. The molecule has 34 heavy (non-hydrogen) atoms. The van der Waals surface area contributed by atoms with Crippen LogP contribution in [0, 0.1) is 5.92 Å². The SMILES string of the molecule is CCn1c2ccccc2c2cc(CNC[C@H]3CC[C@@H](Nc4nccc(N(C)C)n4)CC3)ccc21. The number of benzene rings is 2. The number of anilines is 2. The maximum atomic E-state index is 4.61. The topological polar surface area (TPSA) is 58.0 Å². The highest BCUT2D eigenvalue weighted by molar-refractivity contribution is 6.08. The van der Waals surface area contributed by atoms with Crippen LogP contribution in [0.3, 0.4) is 0 Å². The third kappa shape index (κ3) is 4.73. The van der Waals surface area contributed by atoms with Crippen LogP contribution in [0.2, 0.25) is 0 Å². The predicted molar refractivity (Wildman–Crippen MR) is 143 cm³/mol. The van der Waals surface area contributed by atoms with Crippen molar-refractivity contribution in [2.75, 3.05) is 30.9 Å². The molecule has 178 valence electrons. The second kappa shape index (κ2) is 10.0. The van der Waals surface area contributed by atoms with Gasteiger partial charge in [-0.3, -0.25) is 0 Å². The molecule has 0 atom stereocenters. The summed E-state index contributed by atoms with van der Waals surface area (Å²) in [6.45, 7) is 5.21. The fourth-order valence-corrected chi connectivity index (χ4v) is 5.33. The number of rotatable bonds is 8. The van der Waals surface area contributed by atoms with E-state index in [2.05, 4.69) is 74.6 Å². The lowest BCUT2D eigenvalue weighted by Gasteiger charge is -2.29. The quantitative estimate of drug-likeness (QED) is 0.370. The van der Waals surface area contributed by atoms with Gasteiger partial charge in [0, 0.05) is 61.2 Å². The lowest BCUT2D eigenvalue weighted by molar-refractivity contribution is 0.324. The van der Waals surface area contributed by atoms with Gasteiger partial charge in [-0.2, -0.15) is 4.98 Å². The molecule has 0 aliphatic heterocycles. The molecule has 1 saturated carbocycles. The van der Waals surface area contributed by atoms with Crippen LogP contribution in [0.15, 0.2) is 54.7 Å². The monoisotopic (exact) mass is 456 g/mol. The van der Waals surface area contributed by atoms with E-state index in [0.29, 0.717) is 6.04 Å². The van der Waals surface area contributed by atoms with Crippen molar-refractivity contribution in [2.24, 2.45) is 5.92 Å². The number of nitrogens with zero attached hydrogens (tertiary/aromatic N) is 4. The van der Waals surface area contributed by atoms with Gasteiger partial charge in [0.25, 0.3) is 0 Å². The number of para-hydroxylation sites is 1. The number of hydrogen-bond acceptors (Lipinski definition) is 5. The molecule has 6 heteroatoms. The molecular formula is C28H36N6. The molecule has 1 aliphatic rings. The van der Waals surface area contributed by atoms with Gasteiger partial charge in [-0.25, -0.2) is 4.98 Å². The molecule has 0 unspecified atom stereocenters. The van der Waals surface area contributed by atoms with Gasteiger partial charge in [0.05, 0.1) is 0 Å². The van der Waals surface area contributed by atoms with E-state index in [1.54, 1.807) is 0 Å². The van der Waals surface area contributed by atoms with Crippen molar-refractivity contribution in [3.05, 3.63) is 60.3 Å². The molecule has 0 bridgehead atoms. The van der Waals surface area contributed by atoms with Crippen LogP contribution in [0.1, 0.15) is 38.2 Å². The Morgan fingerprint density at radius 3 is 2.56 bits per heavy atom. The van der Waals surface area contributed by atoms with E-state index >= 15 is 0 Å². The summed E-state index contributed by atoms with van der Waals surface area (Å²) in [5.41, 5.74) is 4.02. The standard InChI is InChI=1S/C28H36N6/c1-4-34-25-8-6-5-7-23(25)24-17-21(11-14-26(24)34)19-29-18-20-9-12-22(13-10-20)31-28-30-16-15-27(32-28)33(2)3/h5-8,11,14-17,20,22,29H,4,9-10,12-13,18-19H2,1-3H3,(H,30,31,32)/t20-,22+. The summed E-state index contributed by atoms with van der Waals surface area (Å²) in [5.74, 6) is 2.42. The van der Waals surface area contributed by atoms with Gasteiger partial charge in [0.1, 0.15) is 5.82 Å². The zero-order chi connectivity index (χ0) is 23.5. The second-order valence-electron chi connectivity index (χ2n) is 9.74. The Bertz CT molecular complexity index is 1250. The Labute approximate surface area is 202 Å². The molecule has 0 radical (unpaired) electrons. The molecule has 5 rings (SSSR count). The summed E-state index contributed by atoms with van der Waals surface area (Å²) < 4.78 is 2.41. The molecule has 0 spiro atoms. The smallest absolute Gasteiger partial charge is 0.224 e. The van der Waals surface area contributed by atoms with E-state index in [9.17, 15) is 0 Å². The zero-order valence-electron chi connectivity index (χ0n) is 20.6. The van der Waals surface area contributed by atoms with Crippen LogP contribution >= 0.6 is 0 Å². The summed E-state index contributed by atoms with van der Waals surface area (Å²) >= 11 is 0. The van der Waals surface area contributed by atoms with Crippen LogP contribution in [0.5, 0.6) is 0 Å². The number of nitrogens with one attached hydrogen (secondary N) is 2. The number of fused-ring (bicyclic) bond motifs is 3. The average molecular weight is 457 g/mol. The van der Waals surface area contributed by atoms with Crippen molar-refractivity contribution >= 4 is 33.6 Å². The fraction of sp³-hybridized carbons (Fsp3) is 0.429. The van der Waals surface area contributed by atoms with E-state index in [1.165, 1.54) is 53.1 Å². The molecule has 1 fully saturated rings. The highest BCUT2D eigenvalue weighted by Gasteiger charge is 2.21. The minimum atomic E-state index is 0.465. The van der Waals surface area contributed by atoms with E-state index in [0.717, 1.165) is 37.3 Å². The highest BCUT2D eigenvalue weighted by atomic mass is 15.2. The first kappa shape index (κ1) is 22.7. The van der Waals surface area contributed by atoms with Crippen molar-refractivity contribution in [3.63, 3.8) is 0 Å². The van der Waals surface area contributed by atoms with E-state index < -0.39 is 0 Å². The molecule has 4 aromatic rings. The van der Waals surface area contributed by atoms with E-state index in [1.807, 2.05) is 31.3 Å². The normalized spacial score (nSPS) is 18.4. The summed E-state index contributed by atoms with van der Waals surface area (Å²) in [6.07, 6.45) is 6.65. The van der Waals surface area contributed by atoms with Gasteiger partial charge in [-0.05, 0) is 74.9 Å². The van der Waals surface area contributed by atoms with Gasteiger partial charge in [-0.15, -0.1) is 0 Å². The lowest BCUT2D eigenvalue weighted by atomic mass is 9.86. The number of hydrogen-bond donors (Lipinski definition) is 2. The molecule has 1 aliphatic carbocycles. The summed E-state index contributed by atoms with van der Waals surface area (Å²) in [5, 5.41) is 10.00. The Balaban J connectivity index is 1.14. The highest BCUT2D eigenvalue weighted by Crippen LogP contribution is 2.30. The molecular weight excluding hydrogens is 420 g/mol. The minimum absolute atomic E-state index is 0.465. The third-order valence-corrected chi connectivity index (χ3v) is 7.19. The first-order chi connectivity index (χ1) is 16.6. The van der Waals surface area contributed by atoms with Gasteiger partial charge in [-0.1, -0.05) is 24.3 Å².